The molecule has 1 spiro atoms. The van der Waals surface area contributed by atoms with E-state index in [4.69, 9.17) is 9.57 Å². The van der Waals surface area contributed by atoms with E-state index < -0.39 is 5.41 Å². The number of hydrogen-bond acceptors (Lipinski definition) is 3. The fraction of sp³-hybridized carbons (Fsp3) is 0.409. The molecule has 0 bridgehead atoms. The number of amides is 1. The van der Waals surface area contributed by atoms with E-state index in [1.807, 2.05) is 30.3 Å². The summed E-state index contributed by atoms with van der Waals surface area (Å²) in [5.41, 5.74) is 0.876. The number of hydrogen-bond donors (Lipinski definition) is 0. The number of fused-ring (bicyclic) bond motifs is 2. The van der Waals surface area contributed by atoms with Crippen LogP contribution in [0.5, 0.6) is 5.75 Å². The first-order valence-corrected chi connectivity index (χ1v) is 9.45. The van der Waals surface area contributed by atoms with Crippen LogP contribution in [0.1, 0.15) is 37.8 Å². The van der Waals surface area contributed by atoms with Crippen LogP contribution in [0.25, 0.3) is 0 Å². The Morgan fingerprint density at radius 1 is 1.26 bits per heavy atom. The number of rotatable bonds is 4. The lowest BCUT2D eigenvalue weighted by molar-refractivity contribution is -0.186. The highest BCUT2D eigenvalue weighted by Crippen LogP contribution is 2.49. The average Bonchev–Trinajstić information content (AvgIpc) is 2.97. The molecule has 1 fully saturated rings. The molecular weight excluding hydrogens is 345 g/mol. The topological polar surface area (TPSA) is 38.8 Å². The van der Waals surface area contributed by atoms with Crippen molar-refractivity contribution in [1.82, 2.24) is 5.06 Å². The summed E-state index contributed by atoms with van der Waals surface area (Å²) in [6.07, 6.45) is 1.07. The third-order valence-electron chi connectivity index (χ3n) is 5.64. The molecule has 5 heteroatoms. The summed E-state index contributed by atoms with van der Waals surface area (Å²) in [6.45, 7) is 4.99. The SMILES string of the molecule is CC(C)C1CC2(CCN(OCc3ccccc3)C2=O)c2cc(F)ccc2O1. The summed E-state index contributed by atoms with van der Waals surface area (Å²) >= 11 is 0. The van der Waals surface area contributed by atoms with Gasteiger partial charge in [-0.05, 0) is 36.1 Å². The average molecular weight is 369 g/mol. The minimum Gasteiger partial charge on any atom is -0.490 e. The van der Waals surface area contributed by atoms with Gasteiger partial charge in [0.2, 0.25) is 0 Å². The molecule has 4 nitrogen and oxygen atoms in total. The molecule has 0 aliphatic carbocycles. The molecule has 0 N–H and O–H groups in total. The second-order valence-corrected chi connectivity index (χ2v) is 7.74. The largest absolute Gasteiger partial charge is 0.490 e. The van der Waals surface area contributed by atoms with E-state index in [0.717, 1.165) is 5.56 Å². The van der Waals surface area contributed by atoms with Gasteiger partial charge in [0.15, 0.2) is 0 Å². The number of carbonyl (C=O) groups is 1. The lowest BCUT2D eigenvalue weighted by Crippen LogP contribution is -2.46. The first-order chi connectivity index (χ1) is 13.0. The van der Waals surface area contributed by atoms with Gasteiger partial charge in [0.1, 0.15) is 24.3 Å². The smallest absolute Gasteiger partial charge is 0.257 e. The van der Waals surface area contributed by atoms with Crippen molar-refractivity contribution in [2.75, 3.05) is 6.54 Å². The summed E-state index contributed by atoms with van der Waals surface area (Å²) in [6, 6.07) is 14.2. The zero-order valence-corrected chi connectivity index (χ0v) is 15.7. The summed E-state index contributed by atoms with van der Waals surface area (Å²) < 4.78 is 20.0. The van der Waals surface area contributed by atoms with Crippen LogP contribution in [0, 0.1) is 11.7 Å². The standard InChI is InChI=1S/C22H24FNO3/c1-15(2)20-13-22(18-12-17(23)8-9-19(18)27-20)10-11-24(21(22)25)26-14-16-6-4-3-5-7-16/h3-9,12,15,20H,10-11,13-14H2,1-2H3. The number of hydroxylamine groups is 2. The Bertz CT molecular complexity index is 839. The van der Waals surface area contributed by atoms with Crippen LogP contribution in [0.4, 0.5) is 4.39 Å². The highest BCUT2D eigenvalue weighted by atomic mass is 19.1. The monoisotopic (exact) mass is 369 g/mol. The van der Waals surface area contributed by atoms with Gasteiger partial charge in [-0.3, -0.25) is 9.63 Å². The molecule has 0 saturated carbocycles. The zero-order valence-electron chi connectivity index (χ0n) is 15.7. The predicted molar refractivity (Wildman–Crippen MR) is 99.5 cm³/mol. The first kappa shape index (κ1) is 18.0. The summed E-state index contributed by atoms with van der Waals surface area (Å²) in [4.78, 5) is 19.2. The molecule has 2 aromatic rings. The van der Waals surface area contributed by atoms with Crippen LogP contribution in [-0.2, 0) is 21.7 Å². The molecule has 2 atom stereocenters. The minimum absolute atomic E-state index is 0.0824. The Labute approximate surface area is 158 Å². The van der Waals surface area contributed by atoms with Crippen molar-refractivity contribution in [3.8, 4) is 5.75 Å². The maximum Gasteiger partial charge on any atom is 0.257 e. The van der Waals surface area contributed by atoms with Crippen molar-refractivity contribution in [3.05, 3.63) is 65.5 Å². The zero-order chi connectivity index (χ0) is 19.0. The normalized spacial score (nSPS) is 24.4. The van der Waals surface area contributed by atoms with Gasteiger partial charge in [-0.25, -0.2) is 9.45 Å². The molecule has 1 amide bonds. The van der Waals surface area contributed by atoms with Crippen molar-refractivity contribution in [3.63, 3.8) is 0 Å². The maximum atomic E-state index is 14.0. The van der Waals surface area contributed by atoms with Gasteiger partial charge in [-0.2, -0.15) is 0 Å². The molecule has 2 aliphatic rings. The first-order valence-electron chi connectivity index (χ1n) is 9.45. The molecular formula is C22H24FNO3. The van der Waals surface area contributed by atoms with E-state index >= 15 is 0 Å². The third-order valence-corrected chi connectivity index (χ3v) is 5.64. The molecule has 2 heterocycles. The Kier molecular flexibility index (Phi) is 4.64. The molecule has 142 valence electrons. The second-order valence-electron chi connectivity index (χ2n) is 7.74. The summed E-state index contributed by atoms with van der Waals surface area (Å²) in [7, 11) is 0. The van der Waals surface area contributed by atoms with Gasteiger partial charge in [-0.1, -0.05) is 44.2 Å². The van der Waals surface area contributed by atoms with Gasteiger partial charge >= 0.3 is 0 Å². The van der Waals surface area contributed by atoms with Crippen LogP contribution in [0.2, 0.25) is 0 Å². The summed E-state index contributed by atoms with van der Waals surface area (Å²) in [5, 5.41) is 1.45. The van der Waals surface area contributed by atoms with Crippen LogP contribution in [0.15, 0.2) is 48.5 Å². The summed E-state index contributed by atoms with van der Waals surface area (Å²) in [5.74, 6) is 0.419. The fourth-order valence-corrected chi connectivity index (χ4v) is 4.04. The van der Waals surface area contributed by atoms with E-state index in [2.05, 4.69) is 13.8 Å². The maximum absolute atomic E-state index is 14.0. The van der Waals surface area contributed by atoms with Crippen LogP contribution in [-0.4, -0.2) is 23.6 Å². The van der Waals surface area contributed by atoms with Crippen LogP contribution in [0.3, 0.4) is 0 Å². The van der Waals surface area contributed by atoms with Crippen molar-refractivity contribution in [1.29, 1.82) is 0 Å². The van der Waals surface area contributed by atoms with Crippen molar-refractivity contribution in [2.24, 2.45) is 5.92 Å². The van der Waals surface area contributed by atoms with E-state index in [0.29, 0.717) is 37.3 Å². The quantitative estimate of drug-likeness (QED) is 0.809. The molecule has 2 aromatic carbocycles. The number of halogens is 1. The minimum atomic E-state index is -0.776. The van der Waals surface area contributed by atoms with E-state index in [1.54, 1.807) is 6.07 Å². The lowest BCUT2D eigenvalue weighted by atomic mass is 9.71. The van der Waals surface area contributed by atoms with Gasteiger partial charge in [0.25, 0.3) is 5.91 Å². The molecule has 2 unspecified atom stereocenters. The van der Waals surface area contributed by atoms with E-state index in [1.165, 1.54) is 17.2 Å². The number of nitrogens with zero attached hydrogens (tertiary/aromatic N) is 1. The number of benzene rings is 2. The predicted octanol–water partition coefficient (Wildman–Crippen LogP) is 4.23. The highest BCUT2D eigenvalue weighted by molar-refractivity contribution is 5.90. The Morgan fingerprint density at radius 2 is 2.04 bits per heavy atom. The Morgan fingerprint density at radius 3 is 2.78 bits per heavy atom. The molecule has 0 radical (unpaired) electrons. The van der Waals surface area contributed by atoms with Crippen molar-refractivity contribution < 1.29 is 18.8 Å². The molecule has 4 rings (SSSR count). The molecule has 2 aliphatic heterocycles. The number of ether oxygens (including phenoxy) is 1. The number of carbonyl (C=O) groups excluding carboxylic acids is 1. The molecule has 0 aromatic heterocycles. The molecule has 1 saturated heterocycles. The second kappa shape index (κ2) is 6.97. The van der Waals surface area contributed by atoms with Gasteiger partial charge in [-0.15, -0.1) is 0 Å². The van der Waals surface area contributed by atoms with E-state index in [-0.39, 0.29) is 23.7 Å². The van der Waals surface area contributed by atoms with Crippen LogP contribution < -0.4 is 4.74 Å². The Hall–Kier alpha value is -2.40. The van der Waals surface area contributed by atoms with Gasteiger partial charge < -0.3 is 4.74 Å². The van der Waals surface area contributed by atoms with Crippen LogP contribution >= 0.6 is 0 Å². The third kappa shape index (κ3) is 3.21. The van der Waals surface area contributed by atoms with Gasteiger partial charge in [0, 0.05) is 12.0 Å². The lowest BCUT2D eigenvalue weighted by Gasteiger charge is -2.39. The highest BCUT2D eigenvalue weighted by Gasteiger charge is 2.54. The van der Waals surface area contributed by atoms with E-state index in [9.17, 15) is 9.18 Å². The van der Waals surface area contributed by atoms with Crippen molar-refractivity contribution in [2.45, 2.75) is 44.8 Å². The molecule has 27 heavy (non-hydrogen) atoms. The van der Waals surface area contributed by atoms with Crippen molar-refractivity contribution >= 4 is 5.91 Å². The fourth-order valence-electron chi connectivity index (χ4n) is 4.04. The Balaban J connectivity index is 1.62. The van der Waals surface area contributed by atoms with Gasteiger partial charge in [0.05, 0.1) is 12.0 Å².